The Morgan fingerprint density at radius 2 is 2.00 bits per heavy atom. The molecule has 3 heteroatoms. The van der Waals surface area contributed by atoms with E-state index in [-0.39, 0.29) is 0 Å². The molecule has 0 aliphatic heterocycles. The number of benzene rings is 1. The summed E-state index contributed by atoms with van der Waals surface area (Å²) in [5, 5.41) is 4.41. The molecular formula is C13H16N2S. The van der Waals surface area contributed by atoms with Gasteiger partial charge in [-0.05, 0) is 25.5 Å². The van der Waals surface area contributed by atoms with Gasteiger partial charge in [0.2, 0.25) is 0 Å². The van der Waals surface area contributed by atoms with Crippen LogP contribution in [-0.4, -0.2) is 9.78 Å². The van der Waals surface area contributed by atoms with Gasteiger partial charge in [-0.3, -0.25) is 4.68 Å². The summed E-state index contributed by atoms with van der Waals surface area (Å²) in [7, 11) is 1.97. The van der Waals surface area contributed by atoms with Crippen molar-refractivity contribution >= 4 is 12.6 Å². The van der Waals surface area contributed by atoms with E-state index in [0.29, 0.717) is 5.75 Å². The van der Waals surface area contributed by atoms with Crippen molar-refractivity contribution in [2.75, 3.05) is 0 Å². The molecule has 16 heavy (non-hydrogen) atoms. The number of hydrogen-bond acceptors (Lipinski definition) is 2. The maximum atomic E-state index is 4.41. The SMILES string of the molecule is Cc1ccc(-c2cc(CS)nn2C)c(C)c1. The molecule has 0 fully saturated rings. The van der Waals surface area contributed by atoms with Crippen LogP contribution in [0.3, 0.4) is 0 Å². The minimum Gasteiger partial charge on any atom is -0.268 e. The molecule has 84 valence electrons. The fraction of sp³-hybridized carbons (Fsp3) is 0.308. The maximum absolute atomic E-state index is 4.41. The van der Waals surface area contributed by atoms with Crippen molar-refractivity contribution in [3.63, 3.8) is 0 Å². The summed E-state index contributed by atoms with van der Waals surface area (Å²) >= 11 is 4.25. The van der Waals surface area contributed by atoms with Crippen LogP contribution in [-0.2, 0) is 12.8 Å². The summed E-state index contributed by atoms with van der Waals surface area (Å²) in [6.07, 6.45) is 0. The number of aromatic nitrogens is 2. The van der Waals surface area contributed by atoms with Gasteiger partial charge < -0.3 is 0 Å². The number of hydrogen-bond donors (Lipinski definition) is 1. The smallest absolute Gasteiger partial charge is 0.0727 e. The van der Waals surface area contributed by atoms with Crippen LogP contribution in [0.2, 0.25) is 0 Å². The highest BCUT2D eigenvalue weighted by Crippen LogP contribution is 2.24. The Labute approximate surface area is 102 Å². The molecule has 0 radical (unpaired) electrons. The highest BCUT2D eigenvalue weighted by Gasteiger charge is 2.08. The Kier molecular flexibility index (Phi) is 3.06. The highest BCUT2D eigenvalue weighted by atomic mass is 32.1. The topological polar surface area (TPSA) is 17.8 Å². The van der Waals surface area contributed by atoms with E-state index < -0.39 is 0 Å². The van der Waals surface area contributed by atoms with Gasteiger partial charge >= 0.3 is 0 Å². The van der Waals surface area contributed by atoms with Crippen LogP contribution in [0.15, 0.2) is 24.3 Å². The Balaban J connectivity index is 2.53. The lowest BCUT2D eigenvalue weighted by Crippen LogP contribution is -1.95. The molecule has 2 aromatic rings. The third kappa shape index (κ3) is 2.00. The largest absolute Gasteiger partial charge is 0.268 e. The van der Waals surface area contributed by atoms with E-state index >= 15 is 0 Å². The van der Waals surface area contributed by atoms with Gasteiger partial charge in [0.1, 0.15) is 0 Å². The van der Waals surface area contributed by atoms with E-state index in [1.165, 1.54) is 16.7 Å². The lowest BCUT2D eigenvalue weighted by molar-refractivity contribution is 0.762. The number of aryl methyl sites for hydroxylation is 3. The van der Waals surface area contributed by atoms with Gasteiger partial charge in [0.05, 0.1) is 11.4 Å². The van der Waals surface area contributed by atoms with Crippen LogP contribution in [0.25, 0.3) is 11.3 Å². The second kappa shape index (κ2) is 4.34. The first-order chi connectivity index (χ1) is 7.61. The zero-order valence-electron chi connectivity index (χ0n) is 9.86. The molecule has 1 heterocycles. The van der Waals surface area contributed by atoms with Crippen molar-refractivity contribution in [3.05, 3.63) is 41.1 Å². The number of rotatable bonds is 2. The van der Waals surface area contributed by atoms with Gasteiger partial charge in [0, 0.05) is 18.4 Å². The molecule has 0 saturated carbocycles. The van der Waals surface area contributed by atoms with Gasteiger partial charge in [-0.1, -0.05) is 23.8 Å². The van der Waals surface area contributed by atoms with Crippen LogP contribution in [0.4, 0.5) is 0 Å². The molecule has 0 atom stereocenters. The van der Waals surface area contributed by atoms with Gasteiger partial charge in [0.25, 0.3) is 0 Å². The van der Waals surface area contributed by atoms with E-state index in [1.807, 2.05) is 11.7 Å². The quantitative estimate of drug-likeness (QED) is 0.788. The molecular weight excluding hydrogens is 216 g/mol. The van der Waals surface area contributed by atoms with Crippen LogP contribution < -0.4 is 0 Å². The Hall–Kier alpha value is -1.22. The summed E-state index contributed by atoms with van der Waals surface area (Å²) in [5.41, 5.74) is 5.99. The van der Waals surface area contributed by atoms with E-state index in [9.17, 15) is 0 Å². The molecule has 0 spiro atoms. The summed E-state index contributed by atoms with van der Waals surface area (Å²) in [5.74, 6) is 0.679. The molecule has 0 aliphatic rings. The summed E-state index contributed by atoms with van der Waals surface area (Å²) < 4.78 is 1.92. The first-order valence-corrected chi connectivity index (χ1v) is 5.96. The van der Waals surface area contributed by atoms with Crippen molar-refractivity contribution in [2.45, 2.75) is 19.6 Å². The van der Waals surface area contributed by atoms with Crippen molar-refractivity contribution in [1.82, 2.24) is 9.78 Å². The van der Waals surface area contributed by atoms with Crippen molar-refractivity contribution in [3.8, 4) is 11.3 Å². The summed E-state index contributed by atoms with van der Waals surface area (Å²) in [6.45, 7) is 4.24. The predicted octanol–water partition coefficient (Wildman–Crippen LogP) is 3.13. The molecule has 0 bridgehead atoms. The number of nitrogens with zero attached hydrogens (tertiary/aromatic N) is 2. The lowest BCUT2D eigenvalue weighted by Gasteiger charge is -2.06. The fourth-order valence-electron chi connectivity index (χ4n) is 1.96. The average molecular weight is 232 g/mol. The molecule has 2 rings (SSSR count). The first kappa shape index (κ1) is 11.3. The van der Waals surface area contributed by atoms with Gasteiger partial charge in [0.15, 0.2) is 0 Å². The third-order valence-electron chi connectivity index (χ3n) is 2.75. The standard InChI is InChI=1S/C13H16N2S/c1-9-4-5-12(10(2)6-9)13-7-11(8-16)14-15(13)3/h4-7,16H,8H2,1-3H3. The molecule has 0 amide bonds. The highest BCUT2D eigenvalue weighted by molar-refractivity contribution is 7.79. The molecule has 2 nitrogen and oxygen atoms in total. The molecule has 0 saturated heterocycles. The van der Waals surface area contributed by atoms with Crippen LogP contribution >= 0.6 is 12.6 Å². The van der Waals surface area contributed by atoms with Gasteiger partial charge in [-0.15, -0.1) is 0 Å². The van der Waals surface area contributed by atoms with Crippen molar-refractivity contribution < 1.29 is 0 Å². The van der Waals surface area contributed by atoms with Crippen molar-refractivity contribution in [2.24, 2.45) is 7.05 Å². The van der Waals surface area contributed by atoms with E-state index in [0.717, 1.165) is 11.4 Å². The summed E-state index contributed by atoms with van der Waals surface area (Å²) in [6, 6.07) is 8.59. The van der Waals surface area contributed by atoms with Crippen LogP contribution in [0, 0.1) is 13.8 Å². The van der Waals surface area contributed by atoms with E-state index in [2.05, 4.69) is 55.8 Å². The van der Waals surface area contributed by atoms with Crippen molar-refractivity contribution in [1.29, 1.82) is 0 Å². The molecule has 0 N–H and O–H groups in total. The van der Waals surface area contributed by atoms with E-state index in [4.69, 9.17) is 0 Å². The monoisotopic (exact) mass is 232 g/mol. The fourth-order valence-corrected chi connectivity index (χ4v) is 2.11. The van der Waals surface area contributed by atoms with Crippen LogP contribution in [0.1, 0.15) is 16.8 Å². The summed E-state index contributed by atoms with van der Waals surface area (Å²) in [4.78, 5) is 0. The zero-order valence-corrected chi connectivity index (χ0v) is 10.8. The second-order valence-electron chi connectivity index (χ2n) is 4.12. The van der Waals surface area contributed by atoms with Gasteiger partial charge in [-0.2, -0.15) is 17.7 Å². The predicted molar refractivity (Wildman–Crippen MR) is 70.8 cm³/mol. The lowest BCUT2D eigenvalue weighted by atomic mass is 10.0. The average Bonchev–Trinajstić information content (AvgIpc) is 2.60. The third-order valence-corrected chi connectivity index (χ3v) is 3.07. The van der Waals surface area contributed by atoms with E-state index in [1.54, 1.807) is 0 Å². The second-order valence-corrected chi connectivity index (χ2v) is 4.44. The Bertz CT molecular complexity index is 515. The minimum absolute atomic E-state index is 0.679. The van der Waals surface area contributed by atoms with Gasteiger partial charge in [-0.25, -0.2) is 0 Å². The normalized spacial score (nSPS) is 10.8. The molecule has 1 aromatic carbocycles. The Morgan fingerprint density at radius 1 is 1.25 bits per heavy atom. The molecule has 0 unspecified atom stereocenters. The minimum atomic E-state index is 0.679. The zero-order chi connectivity index (χ0) is 11.7. The maximum Gasteiger partial charge on any atom is 0.0727 e. The first-order valence-electron chi connectivity index (χ1n) is 5.33. The number of thiol groups is 1. The van der Waals surface area contributed by atoms with Crippen LogP contribution in [0.5, 0.6) is 0 Å². The molecule has 0 aliphatic carbocycles. The Morgan fingerprint density at radius 3 is 2.56 bits per heavy atom. The molecule has 1 aromatic heterocycles.